The van der Waals surface area contributed by atoms with Crippen molar-refractivity contribution in [2.24, 2.45) is 5.92 Å². The van der Waals surface area contributed by atoms with E-state index in [1.54, 1.807) is 0 Å². The zero-order valence-corrected chi connectivity index (χ0v) is 10.6. The van der Waals surface area contributed by atoms with Gasteiger partial charge in [-0.2, -0.15) is 0 Å². The summed E-state index contributed by atoms with van der Waals surface area (Å²) in [5.41, 5.74) is -0.126. The molecule has 0 bridgehead atoms. The molecular weight excluding hydrogens is 186 g/mol. The molecule has 0 N–H and O–H groups in total. The highest BCUT2D eigenvalue weighted by Crippen LogP contribution is 2.41. The zero-order chi connectivity index (χ0) is 11.9. The van der Waals surface area contributed by atoms with E-state index in [1.807, 2.05) is 4.90 Å². The van der Waals surface area contributed by atoms with Gasteiger partial charge in [0.15, 0.2) is 0 Å². The zero-order valence-electron chi connectivity index (χ0n) is 10.6. The Hall–Kier alpha value is -0.790. The molecule has 1 aliphatic rings. The maximum Gasteiger partial charge on any atom is 0.246 e. The van der Waals surface area contributed by atoms with Crippen LogP contribution in [0.3, 0.4) is 0 Å². The predicted molar refractivity (Wildman–Crippen MR) is 63.6 cm³/mol. The molecule has 1 fully saturated rings. The van der Waals surface area contributed by atoms with E-state index in [0.717, 1.165) is 12.8 Å². The lowest BCUT2D eigenvalue weighted by Crippen LogP contribution is -2.62. The molecule has 0 unspecified atom stereocenters. The number of piperidine rings is 1. The van der Waals surface area contributed by atoms with E-state index in [0.29, 0.717) is 5.92 Å². The summed E-state index contributed by atoms with van der Waals surface area (Å²) in [6.07, 6.45) is 3.56. The summed E-state index contributed by atoms with van der Waals surface area (Å²) in [6.45, 7) is 14.4. The molecule has 0 aromatic rings. The molecule has 1 rings (SSSR count). The number of carbonyl (C=O) groups excluding carboxylic acids is 1. The van der Waals surface area contributed by atoms with E-state index in [9.17, 15) is 4.79 Å². The van der Waals surface area contributed by atoms with E-state index < -0.39 is 0 Å². The summed E-state index contributed by atoms with van der Waals surface area (Å²) in [5.74, 6) is 0.723. The van der Waals surface area contributed by atoms with Gasteiger partial charge >= 0.3 is 0 Å². The van der Waals surface area contributed by atoms with Crippen LogP contribution in [0.15, 0.2) is 12.7 Å². The summed E-state index contributed by atoms with van der Waals surface area (Å²) in [6, 6.07) is 0. The van der Waals surface area contributed by atoms with E-state index >= 15 is 0 Å². The van der Waals surface area contributed by atoms with Crippen LogP contribution in [0.4, 0.5) is 0 Å². The number of amides is 1. The lowest BCUT2D eigenvalue weighted by Gasteiger charge is -2.54. The molecule has 0 spiro atoms. The first kappa shape index (κ1) is 12.3. The summed E-state index contributed by atoms with van der Waals surface area (Å²) in [7, 11) is 0. The second-order valence-electron chi connectivity index (χ2n) is 6.02. The van der Waals surface area contributed by atoms with Crippen LogP contribution in [0.2, 0.25) is 0 Å². The van der Waals surface area contributed by atoms with Crippen LogP contribution < -0.4 is 0 Å². The minimum atomic E-state index is -0.0631. The lowest BCUT2D eigenvalue weighted by molar-refractivity contribution is -0.145. The van der Waals surface area contributed by atoms with Crippen molar-refractivity contribution in [1.29, 1.82) is 0 Å². The van der Waals surface area contributed by atoms with Crippen molar-refractivity contribution in [2.75, 3.05) is 0 Å². The third kappa shape index (κ3) is 2.24. The number of likely N-dealkylation sites (tertiary alicyclic amines) is 1. The van der Waals surface area contributed by atoms with Crippen LogP contribution >= 0.6 is 0 Å². The number of carbonyl (C=O) groups is 1. The van der Waals surface area contributed by atoms with Gasteiger partial charge < -0.3 is 4.90 Å². The standard InChI is InChI=1S/C13H23NO/c1-7-11(15)14-12(3,4)8-10(2)9-13(14,5)6/h7,10H,1,8-9H2,2-6H3. The summed E-state index contributed by atoms with van der Waals surface area (Å²) >= 11 is 0. The Kier molecular flexibility index (Phi) is 2.99. The Bertz CT molecular complexity index is 260. The van der Waals surface area contributed by atoms with Crippen LogP contribution in [0, 0.1) is 5.92 Å². The van der Waals surface area contributed by atoms with Crippen molar-refractivity contribution in [3.05, 3.63) is 12.7 Å². The van der Waals surface area contributed by atoms with Gasteiger partial charge in [0.05, 0.1) is 0 Å². The molecule has 86 valence electrons. The second-order valence-corrected chi connectivity index (χ2v) is 6.02. The molecule has 0 saturated carbocycles. The van der Waals surface area contributed by atoms with Crippen molar-refractivity contribution in [2.45, 2.75) is 58.5 Å². The maximum atomic E-state index is 11.9. The van der Waals surface area contributed by atoms with Gasteiger partial charge in [-0.3, -0.25) is 4.79 Å². The molecule has 2 nitrogen and oxygen atoms in total. The van der Waals surface area contributed by atoms with Gasteiger partial charge in [-0.15, -0.1) is 0 Å². The van der Waals surface area contributed by atoms with E-state index in [4.69, 9.17) is 0 Å². The second kappa shape index (κ2) is 3.66. The van der Waals surface area contributed by atoms with Gasteiger partial charge in [0.2, 0.25) is 5.91 Å². The molecule has 15 heavy (non-hydrogen) atoms. The third-order valence-corrected chi connectivity index (χ3v) is 3.30. The van der Waals surface area contributed by atoms with Gasteiger partial charge in [0, 0.05) is 11.1 Å². The van der Waals surface area contributed by atoms with Crippen LogP contribution in [-0.4, -0.2) is 21.9 Å². The molecule has 2 heteroatoms. The largest absolute Gasteiger partial charge is 0.329 e. The van der Waals surface area contributed by atoms with Crippen LogP contribution in [0.5, 0.6) is 0 Å². The number of hydrogen-bond acceptors (Lipinski definition) is 1. The normalized spacial score (nSPS) is 25.0. The quantitative estimate of drug-likeness (QED) is 0.608. The van der Waals surface area contributed by atoms with Crippen LogP contribution in [0.1, 0.15) is 47.5 Å². The minimum absolute atomic E-state index is 0.0527. The molecule has 0 atom stereocenters. The maximum absolute atomic E-state index is 11.9. The van der Waals surface area contributed by atoms with E-state index in [1.165, 1.54) is 6.08 Å². The van der Waals surface area contributed by atoms with Crippen LogP contribution in [-0.2, 0) is 4.79 Å². The van der Waals surface area contributed by atoms with Crippen molar-refractivity contribution in [3.63, 3.8) is 0 Å². The Morgan fingerprint density at radius 2 is 1.67 bits per heavy atom. The highest BCUT2D eigenvalue weighted by molar-refractivity contribution is 5.88. The van der Waals surface area contributed by atoms with Crippen molar-refractivity contribution >= 4 is 5.91 Å². The van der Waals surface area contributed by atoms with E-state index in [2.05, 4.69) is 41.2 Å². The van der Waals surface area contributed by atoms with Crippen molar-refractivity contribution in [1.82, 2.24) is 4.90 Å². The van der Waals surface area contributed by atoms with Crippen molar-refractivity contribution < 1.29 is 4.79 Å². The van der Waals surface area contributed by atoms with Crippen LogP contribution in [0.25, 0.3) is 0 Å². The molecule has 1 amide bonds. The highest BCUT2D eigenvalue weighted by Gasteiger charge is 2.45. The van der Waals surface area contributed by atoms with Gasteiger partial charge in [0.25, 0.3) is 0 Å². The van der Waals surface area contributed by atoms with E-state index in [-0.39, 0.29) is 17.0 Å². The van der Waals surface area contributed by atoms with Gasteiger partial charge in [-0.25, -0.2) is 0 Å². The van der Waals surface area contributed by atoms with Gasteiger partial charge in [-0.05, 0) is 52.5 Å². The van der Waals surface area contributed by atoms with Crippen molar-refractivity contribution in [3.8, 4) is 0 Å². The Labute approximate surface area is 93.3 Å². The smallest absolute Gasteiger partial charge is 0.246 e. The first-order valence-corrected chi connectivity index (χ1v) is 5.67. The third-order valence-electron chi connectivity index (χ3n) is 3.30. The average molecular weight is 209 g/mol. The molecule has 1 aliphatic heterocycles. The molecule has 1 heterocycles. The fraction of sp³-hybridized carbons (Fsp3) is 0.769. The lowest BCUT2D eigenvalue weighted by atomic mass is 9.74. The SMILES string of the molecule is C=CC(=O)N1C(C)(C)CC(C)CC1(C)C. The summed E-state index contributed by atoms with van der Waals surface area (Å²) in [4.78, 5) is 13.9. The number of hydrogen-bond donors (Lipinski definition) is 0. The van der Waals surface area contributed by atoms with Gasteiger partial charge in [0.1, 0.15) is 0 Å². The first-order chi connectivity index (χ1) is 6.70. The monoisotopic (exact) mass is 209 g/mol. The molecule has 0 aromatic heterocycles. The number of rotatable bonds is 1. The van der Waals surface area contributed by atoms with Gasteiger partial charge in [-0.1, -0.05) is 13.5 Å². The molecule has 0 aliphatic carbocycles. The topological polar surface area (TPSA) is 20.3 Å². The minimum Gasteiger partial charge on any atom is -0.329 e. The summed E-state index contributed by atoms with van der Waals surface area (Å²) < 4.78 is 0. The Balaban J connectivity index is 3.07. The summed E-state index contributed by atoms with van der Waals surface area (Å²) in [5, 5.41) is 0. The molecule has 1 saturated heterocycles. The molecule has 0 radical (unpaired) electrons. The molecular formula is C13H23NO. The Morgan fingerprint density at radius 3 is 2.00 bits per heavy atom. The Morgan fingerprint density at radius 1 is 1.27 bits per heavy atom. The fourth-order valence-corrected chi connectivity index (χ4v) is 3.47. The number of nitrogens with zero attached hydrogens (tertiary/aromatic N) is 1. The first-order valence-electron chi connectivity index (χ1n) is 5.67. The highest BCUT2D eigenvalue weighted by atomic mass is 16.2. The fourth-order valence-electron chi connectivity index (χ4n) is 3.47. The predicted octanol–water partition coefficient (Wildman–Crippen LogP) is 2.99. The molecule has 0 aromatic carbocycles. The average Bonchev–Trinajstić information content (AvgIpc) is 1.97.